The maximum Gasteiger partial charge on any atom is 0.148 e. The zero-order valence-corrected chi connectivity index (χ0v) is 13.0. The molecule has 0 spiro atoms. The maximum absolute atomic E-state index is 4.29. The zero-order chi connectivity index (χ0) is 15.0. The minimum absolute atomic E-state index is 0.860. The van der Waals surface area contributed by atoms with Gasteiger partial charge in [-0.2, -0.15) is 0 Å². The summed E-state index contributed by atoms with van der Waals surface area (Å²) in [5.41, 5.74) is 2.02. The molecule has 2 heterocycles. The van der Waals surface area contributed by atoms with Crippen molar-refractivity contribution in [3.05, 3.63) is 42.5 Å². The van der Waals surface area contributed by atoms with E-state index in [1.165, 1.54) is 38.9 Å². The van der Waals surface area contributed by atoms with E-state index >= 15 is 0 Å². The average molecular weight is 296 g/mol. The van der Waals surface area contributed by atoms with Crippen LogP contribution in [0.5, 0.6) is 0 Å². The SMILES string of the molecule is c1ccc(-c2ccc(NCCCN3CCCCC3)nn2)cc1. The molecule has 1 aliphatic heterocycles. The van der Waals surface area contributed by atoms with Crippen LogP contribution in [0.25, 0.3) is 11.3 Å². The molecule has 0 radical (unpaired) electrons. The number of likely N-dealkylation sites (tertiary alicyclic amines) is 1. The Bertz CT molecular complexity index is 547. The predicted octanol–water partition coefficient (Wildman–Crippen LogP) is 3.43. The van der Waals surface area contributed by atoms with Crippen molar-refractivity contribution in [2.24, 2.45) is 0 Å². The molecule has 4 nitrogen and oxygen atoms in total. The molecule has 4 heteroatoms. The second-order valence-corrected chi connectivity index (χ2v) is 5.85. The predicted molar refractivity (Wildman–Crippen MR) is 90.9 cm³/mol. The van der Waals surface area contributed by atoms with Crippen LogP contribution in [0.15, 0.2) is 42.5 Å². The quantitative estimate of drug-likeness (QED) is 0.829. The number of hydrogen-bond acceptors (Lipinski definition) is 4. The summed E-state index contributed by atoms with van der Waals surface area (Å²) in [5.74, 6) is 0.860. The van der Waals surface area contributed by atoms with E-state index < -0.39 is 0 Å². The van der Waals surface area contributed by atoms with Gasteiger partial charge in [0.1, 0.15) is 5.82 Å². The van der Waals surface area contributed by atoms with Crippen LogP contribution in [-0.2, 0) is 0 Å². The number of rotatable bonds is 6. The second kappa shape index (κ2) is 7.90. The molecule has 2 aromatic rings. The van der Waals surface area contributed by atoms with E-state index in [0.29, 0.717) is 0 Å². The largest absolute Gasteiger partial charge is 0.369 e. The van der Waals surface area contributed by atoms with E-state index in [1.54, 1.807) is 0 Å². The van der Waals surface area contributed by atoms with Crippen molar-refractivity contribution in [3.8, 4) is 11.3 Å². The number of aromatic nitrogens is 2. The third-order valence-electron chi connectivity index (χ3n) is 4.14. The van der Waals surface area contributed by atoms with Gasteiger partial charge >= 0.3 is 0 Å². The number of piperidine rings is 1. The van der Waals surface area contributed by atoms with Gasteiger partial charge in [-0.25, -0.2) is 0 Å². The summed E-state index contributed by atoms with van der Waals surface area (Å²) < 4.78 is 0. The van der Waals surface area contributed by atoms with Crippen molar-refractivity contribution in [1.82, 2.24) is 15.1 Å². The molecule has 0 saturated carbocycles. The fraction of sp³-hybridized carbons (Fsp3) is 0.444. The van der Waals surface area contributed by atoms with E-state index in [1.807, 2.05) is 30.3 Å². The van der Waals surface area contributed by atoms with Crippen molar-refractivity contribution in [1.29, 1.82) is 0 Å². The molecule has 1 fully saturated rings. The standard InChI is InChI=1S/C18H24N4/c1-3-8-16(9-4-1)17-10-11-18(21-20-17)19-12-7-15-22-13-5-2-6-14-22/h1,3-4,8-11H,2,5-7,12-15H2,(H,19,21). The van der Waals surface area contributed by atoms with Gasteiger partial charge < -0.3 is 10.2 Å². The first kappa shape index (κ1) is 15.0. The van der Waals surface area contributed by atoms with Crippen LogP contribution < -0.4 is 5.32 Å². The molecule has 0 bridgehead atoms. The fourth-order valence-corrected chi connectivity index (χ4v) is 2.89. The molecule has 0 atom stereocenters. The van der Waals surface area contributed by atoms with Crippen molar-refractivity contribution < 1.29 is 0 Å². The van der Waals surface area contributed by atoms with Gasteiger partial charge in [0.05, 0.1) is 5.69 Å². The Morgan fingerprint density at radius 3 is 2.45 bits per heavy atom. The number of anilines is 1. The summed E-state index contributed by atoms with van der Waals surface area (Å²) in [4.78, 5) is 2.56. The zero-order valence-electron chi connectivity index (χ0n) is 13.0. The van der Waals surface area contributed by atoms with Gasteiger partial charge in [0.15, 0.2) is 0 Å². The van der Waals surface area contributed by atoms with Gasteiger partial charge in [-0.3, -0.25) is 0 Å². The van der Waals surface area contributed by atoms with Gasteiger partial charge in [-0.15, -0.1) is 10.2 Å². The Morgan fingerprint density at radius 1 is 0.909 bits per heavy atom. The molecular formula is C18H24N4. The highest BCUT2D eigenvalue weighted by molar-refractivity contribution is 5.59. The first-order valence-corrected chi connectivity index (χ1v) is 8.27. The van der Waals surface area contributed by atoms with Crippen molar-refractivity contribution in [2.75, 3.05) is 31.5 Å². The minimum Gasteiger partial charge on any atom is -0.369 e. The van der Waals surface area contributed by atoms with Gasteiger partial charge in [0.2, 0.25) is 0 Å². The lowest BCUT2D eigenvalue weighted by Crippen LogP contribution is -2.31. The highest BCUT2D eigenvalue weighted by atomic mass is 15.2. The topological polar surface area (TPSA) is 41.0 Å². The summed E-state index contributed by atoms with van der Waals surface area (Å²) in [5, 5.41) is 11.9. The van der Waals surface area contributed by atoms with Crippen LogP contribution in [0.4, 0.5) is 5.82 Å². The van der Waals surface area contributed by atoms with E-state index in [0.717, 1.165) is 30.0 Å². The highest BCUT2D eigenvalue weighted by Crippen LogP contribution is 2.16. The van der Waals surface area contributed by atoms with Gasteiger partial charge in [0.25, 0.3) is 0 Å². The molecule has 0 aliphatic carbocycles. The molecule has 3 rings (SSSR count). The summed E-state index contributed by atoms with van der Waals surface area (Å²) in [7, 11) is 0. The van der Waals surface area contributed by atoms with Crippen molar-refractivity contribution in [2.45, 2.75) is 25.7 Å². The van der Waals surface area contributed by atoms with Crippen LogP contribution in [-0.4, -0.2) is 41.3 Å². The molecule has 1 N–H and O–H groups in total. The number of nitrogens with zero attached hydrogens (tertiary/aromatic N) is 3. The van der Waals surface area contributed by atoms with Gasteiger partial charge in [0, 0.05) is 12.1 Å². The van der Waals surface area contributed by atoms with Crippen LogP contribution >= 0.6 is 0 Å². The summed E-state index contributed by atoms with van der Waals surface area (Å²) >= 11 is 0. The third kappa shape index (κ3) is 4.28. The number of nitrogens with one attached hydrogen (secondary N) is 1. The Hall–Kier alpha value is -1.94. The third-order valence-corrected chi connectivity index (χ3v) is 4.14. The van der Waals surface area contributed by atoms with Crippen LogP contribution in [0.2, 0.25) is 0 Å². The molecule has 1 aromatic carbocycles. The lowest BCUT2D eigenvalue weighted by Gasteiger charge is -2.26. The van der Waals surface area contributed by atoms with Crippen LogP contribution in [0.1, 0.15) is 25.7 Å². The summed E-state index contributed by atoms with van der Waals surface area (Å²) in [6, 6.07) is 14.2. The normalized spacial score (nSPS) is 15.6. The minimum atomic E-state index is 0.860. The second-order valence-electron chi connectivity index (χ2n) is 5.85. The number of benzene rings is 1. The highest BCUT2D eigenvalue weighted by Gasteiger charge is 2.08. The van der Waals surface area contributed by atoms with E-state index in [9.17, 15) is 0 Å². The molecule has 0 amide bonds. The lowest BCUT2D eigenvalue weighted by atomic mass is 10.1. The Morgan fingerprint density at radius 2 is 1.73 bits per heavy atom. The van der Waals surface area contributed by atoms with Gasteiger partial charge in [-0.05, 0) is 51.0 Å². The lowest BCUT2D eigenvalue weighted by molar-refractivity contribution is 0.228. The number of hydrogen-bond donors (Lipinski definition) is 1. The average Bonchev–Trinajstić information content (AvgIpc) is 2.61. The summed E-state index contributed by atoms with van der Waals surface area (Å²) in [6.45, 7) is 4.68. The molecule has 22 heavy (non-hydrogen) atoms. The Balaban J connectivity index is 1.43. The van der Waals surface area contributed by atoms with Crippen molar-refractivity contribution >= 4 is 5.82 Å². The molecular weight excluding hydrogens is 272 g/mol. The van der Waals surface area contributed by atoms with Crippen LogP contribution in [0.3, 0.4) is 0 Å². The van der Waals surface area contributed by atoms with Crippen LogP contribution in [0, 0.1) is 0 Å². The molecule has 0 unspecified atom stereocenters. The molecule has 1 saturated heterocycles. The smallest absolute Gasteiger partial charge is 0.148 e. The first-order chi connectivity index (χ1) is 10.9. The molecule has 116 valence electrons. The van der Waals surface area contributed by atoms with E-state index in [-0.39, 0.29) is 0 Å². The van der Waals surface area contributed by atoms with Crippen molar-refractivity contribution in [3.63, 3.8) is 0 Å². The fourth-order valence-electron chi connectivity index (χ4n) is 2.89. The van der Waals surface area contributed by atoms with E-state index in [4.69, 9.17) is 0 Å². The monoisotopic (exact) mass is 296 g/mol. The molecule has 1 aliphatic rings. The summed E-state index contributed by atoms with van der Waals surface area (Å²) in [6.07, 6.45) is 5.28. The van der Waals surface area contributed by atoms with E-state index in [2.05, 4.69) is 32.5 Å². The first-order valence-electron chi connectivity index (χ1n) is 8.27. The Labute approximate surface area is 132 Å². The molecule has 1 aromatic heterocycles. The van der Waals surface area contributed by atoms with Gasteiger partial charge in [-0.1, -0.05) is 36.8 Å². The Kier molecular flexibility index (Phi) is 5.37. The maximum atomic E-state index is 4.29.